The minimum atomic E-state index is 0.862. The summed E-state index contributed by atoms with van der Waals surface area (Å²) in [7, 11) is 0. The maximum Gasteiger partial charge on any atom is 0.00825 e. The molecule has 0 fully saturated rings. The minimum Gasteiger partial charge on any atom is -0.179 e. The lowest BCUT2D eigenvalue weighted by Gasteiger charge is -1.89. The third kappa shape index (κ3) is 8.44. The molecular formula is C7H14S2. The van der Waals surface area contributed by atoms with Crippen LogP contribution in [0.1, 0.15) is 19.3 Å². The third-order valence-corrected chi connectivity index (χ3v) is 1.58. The van der Waals surface area contributed by atoms with E-state index in [1.54, 1.807) is 0 Å². The predicted octanol–water partition coefficient (Wildman–Crippen LogP) is 2.57. The Kier molecular flexibility index (Phi) is 8.85. The van der Waals surface area contributed by atoms with Gasteiger partial charge in [-0.3, -0.25) is 0 Å². The standard InChI is InChI=1S/C7H14S2/c8-6-4-2-1-3-5-7-9/h2,4,8-9H,1,3,5-7H2/b4-2+. The van der Waals surface area contributed by atoms with E-state index in [1.807, 2.05) is 0 Å². The normalized spacial score (nSPS) is 10.9. The molecule has 0 nitrogen and oxygen atoms in total. The van der Waals surface area contributed by atoms with Gasteiger partial charge in [0.2, 0.25) is 0 Å². The van der Waals surface area contributed by atoms with Crippen LogP contribution in [-0.4, -0.2) is 11.5 Å². The van der Waals surface area contributed by atoms with Crippen LogP contribution in [0.2, 0.25) is 0 Å². The second kappa shape index (κ2) is 8.44. The molecule has 54 valence electrons. The van der Waals surface area contributed by atoms with Crippen molar-refractivity contribution in [2.75, 3.05) is 11.5 Å². The van der Waals surface area contributed by atoms with Crippen LogP contribution in [0.5, 0.6) is 0 Å². The van der Waals surface area contributed by atoms with Crippen molar-refractivity contribution in [3.8, 4) is 0 Å². The maximum absolute atomic E-state index is 4.11. The number of rotatable bonds is 5. The fraction of sp³-hybridized carbons (Fsp3) is 0.714. The Morgan fingerprint density at radius 1 is 1.00 bits per heavy atom. The van der Waals surface area contributed by atoms with Crippen molar-refractivity contribution in [1.29, 1.82) is 0 Å². The Morgan fingerprint density at radius 3 is 2.33 bits per heavy atom. The molecular weight excluding hydrogens is 148 g/mol. The molecule has 0 aliphatic carbocycles. The first kappa shape index (κ1) is 9.44. The van der Waals surface area contributed by atoms with Crippen LogP contribution in [0.25, 0.3) is 0 Å². The molecule has 0 radical (unpaired) electrons. The largest absolute Gasteiger partial charge is 0.179 e. The van der Waals surface area contributed by atoms with Crippen LogP contribution in [0.15, 0.2) is 12.2 Å². The van der Waals surface area contributed by atoms with Gasteiger partial charge in [-0.1, -0.05) is 12.2 Å². The molecule has 0 aromatic carbocycles. The van der Waals surface area contributed by atoms with Gasteiger partial charge in [0.05, 0.1) is 0 Å². The highest BCUT2D eigenvalue weighted by Gasteiger charge is 1.79. The first-order chi connectivity index (χ1) is 4.41. The van der Waals surface area contributed by atoms with Gasteiger partial charge in [-0.15, -0.1) is 0 Å². The molecule has 0 aromatic heterocycles. The second-order valence-electron chi connectivity index (χ2n) is 1.87. The molecule has 0 aliphatic rings. The fourth-order valence-electron chi connectivity index (χ4n) is 0.566. The first-order valence-electron chi connectivity index (χ1n) is 3.28. The van der Waals surface area contributed by atoms with Crippen LogP contribution < -0.4 is 0 Å². The summed E-state index contributed by atoms with van der Waals surface area (Å²) in [5, 5.41) is 0. The molecule has 0 N–H and O–H groups in total. The Hall–Kier alpha value is 0.440. The van der Waals surface area contributed by atoms with Crippen LogP contribution in [0.3, 0.4) is 0 Å². The van der Waals surface area contributed by atoms with Crippen LogP contribution in [0.4, 0.5) is 0 Å². The molecule has 0 saturated heterocycles. The maximum atomic E-state index is 4.11. The number of unbranched alkanes of at least 4 members (excludes halogenated alkanes) is 2. The van der Waals surface area contributed by atoms with E-state index in [1.165, 1.54) is 19.3 Å². The predicted molar refractivity (Wildman–Crippen MR) is 50.7 cm³/mol. The summed E-state index contributed by atoms with van der Waals surface area (Å²) >= 11 is 8.15. The lowest BCUT2D eigenvalue weighted by atomic mass is 10.2. The lowest BCUT2D eigenvalue weighted by molar-refractivity contribution is 0.824. The van der Waals surface area contributed by atoms with Gasteiger partial charge in [0.15, 0.2) is 0 Å². The molecule has 0 aromatic rings. The van der Waals surface area contributed by atoms with Gasteiger partial charge in [0.1, 0.15) is 0 Å². The van der Waals surface area contributed by atoms with Crippen LogP contribution in [-0.2, 0) is 0 Å². The number of thiol groups is 2. The van der Waals surface area contributed by atoms with Crippen molar-refractivity contribution in [2.45, 2.75) is 19.3 Å². The van der Waals surface area contributed by atoms with Crippen molar-refractivity contribution < 1.29 is 0 Å². The minimum absolute atomic E-state index is 0.862. The van der Waals surface area contributed by atoms with E-state index in [9.17, 15) is 0 Å². The average Bonchev–Trinajstić information content (AvgIpc) is 1.89. The quantitative estimate of drug-likeness (QED) is 0.346. The molecule has 2 heteroatoms. The van der Waals surface area contributed by atoms with Crippen molar-refractivity contribution in [3.05, 3.63) is 12.2 Å². The molecule has 0 rings (SSSR count). The van der Waals surface area contributed by atoms with Gasteiger partial charge >= 0.3 is 0 Å². The average molecular weight is 162 g/mol. The van der Waals surface area contributed by atoms with Crippen LogP contribution in [0, 0.1) is 0 Å². The van der Waals surface area contributed by atoms with E-state index in [-0.39, 0.29) is 0 Å². The molecule has 0 spiro atoms. The van der Waals surface area contributed by atoms with Gasteiger partial charge in [0, 0.05) is 5.75 Å². The van der Waals surface area contributed by atoms with E-state index in [4.69, 9.17) is 0 Å². The summed E-state index contributed by atoms with van der Waals surface area (Å²) in [6, 6.07) is 0. The Morgan fingerprint density at radius 2 is 1.78 bits per heavy atom. The van der Waals surface area contributed by atoms with Crippen molar-refractivity contribution >= 4 is 25.3 Å². The van der Waals surface area contributed by atoms with E-state index in [0.29, 0.717) is 0 Å². The molecule has 0 unspecified atom stereocenters. The van der Waals surface area contributed by atoms with Gasteiger partial charge in [0.25, 0.3) is 0 Å². The molecule has 0 amide bonds. The van der Waals surface area contributed by atoms with E-state index >= 15 is 0 Å². The summed E-state index contributed by atoms with van der Waals surface area (Å²) in [6.45, 7) is 0. The number of allylic oxidation sites excluding steroid dienone is 1. The zero-order valence-electron chi connectivity index (χ0n) is 5.58. The van der Waals surface area contributed by atoms with E-state index in [2.05, 4.69) is 37.4 Å². The molecule has 0 heterocycles. The Balaban J connectivity index is 2.82. The monoisotopic (exact) mass is 162 g/mol. The zero-order valence-corrected chi connectivity index (χ0v) is 7.37. The van der Waals surface area contributed by atoms with Gasteiger partial charge < -0.3 is 0 Å². The number of hydrogen-bond donors (Lipinski definition) is 2. The highest BCUT2D eigenvalue weighted by molar-refractivity contribution is 7.80. The highest BCUT2D eigenvalue weighted by Crippen LogP contribution is 1.97. The summed E-state index contributed by atoms with van der Waals surface area (Å²) in [5.74, 6) is 1.87. The van der Waals surface area contributed by atoms with Gasteiger partial charge in [-0.05, 0) is 25.0 Å². The lowest BCUT2D eigenvalue weighted by Crippen LogP contribution is -1.74. The van der Waals surface area contributed by atoms with Crippen LogP contribution >= 0.6 is 25.3 Å². The zero-order chi connectivity index (χ0) is 6.95. The first-order valence-corrected chi connectivity index (χ1v) is 4.55. The molecule has 9 heavy (non-hydrogen) atoms. The van der Waals surface area contributed by atoms with Crippen molar-refractivity contribution in [1.82, 2.24) is 0 Å². The summed E-state index contributed by atoms with van der Waals surface area (Å²) in [6.07, 6.45) is 7.92. The fourth-order valence-corrected chi connectivity index (χ4v) is 0.939. The van der Waals surface area contributed by atoms with Gasteiger partial charge in [-0.25, -0.2) is 0 Å². The Bertz CT molecular complexity index is 69.3. The second-order valence-corrected chi connectivity index (χ2v) is 2.69. The molecule has 0 saturated carbocycles. The third-order valence-electron chi connectivity index (χ3n) is 1.05. The highest BCUT2D eigenvalue weighted by atomic mass is 32.1. The topological polar surface area (TPSA) is 0 Å². The number of hydrogen-bond acceptors (Lipinski definition) is 2. The molecule has 0 aliphatic heterocycles. The smallest absolute Gasteiger partial charge is 0.00825 e. The van der Waals surface area contributed by atoms with Crippen molar-refractivity contribution in [2.24, 2.45) is 0 Å². The molecule has 0 atom stereocenters. The summed E-state index contributed by atoms with van der Waals surface area (Å²) < 4.78 is 0. The van der Waals surface area contributed by atoms with E-state index < -0.39 is 0 Å². The van der Waals surface area contributed by atoms with Crippen molar-refractivity contribution in [3.63, 3.8) is 0 Å². The van der Waals surface area contributed by atoms with Gasteiger partial charge in [-0.2, -0.15) is 25.3 Å². The van der Waals surface area contributed by atoms with E-state index in [0.717, 1.165) is 11.5 Å². The SMILES string of the molecule is SC/C=C/CCCCS. The Labute approximate surface area is 68.5 Å². The molecule has 0 bridgehead atoms. The summed E-state index contributed by atoms with van der Waals surface area (Å²) in [4.78, 5) is 0. The summed E-state index contributed by atoms with van der Waals surface area (Å²) in [5.41, 5.74) is 0.